The van der Waals surface area contributed by atoms with Gasteiger partial charge in [-0.15, -0.1) is 0 Å². The van der Waals surface area contributed by atoms with Gasteiger partial charge in [-0.3, -0.25) is 0 Å². The second-order valence-electron chi connectivity index (χ2n) is 3.88. The van der Waals surface area contributed by atoms with Gasteiger partial charge in [-0.2, -0.15) is 0 Å². The Bertz CT molecular complexity index is 717. The number of hydrogen-bond donors (Lipinski definition) is 1. The molecule has 90 valence electrons. The smallest absolute Gasteiger partial charge is 0.138 e. The molecule has 0 saturated carbocycles. The van der Waals surface area contributed by atoms with E-state index in [1.165, 1.54) is 0 Å². The minimum absolute atomic E-state index is 0.680. The Morgan fingerprint density at radius 1 is 1.11 bits per heavy atom. The van der Waals surface area contributed by atoms with E-state index in [2.05, 4.69) is 41.8 Å². The molecular weight excluding hydrogens is 379 g/mol. The summed E-state index contributed by atoms with van der Waals surface area (Å²) in [6.07, 6.45) is 0. The highest BCUT2D eigenvalue weighted by Crippen LogP contribution is 2.29. The number of benzene rings is 2. The first-order valence-electron chi connectivity index (χ1n) is 5.24. The van der Waals surface area contributed by atoms with Gasteiger partial charge in [-0.1, -0.05) is 33.6 Å². The number of H-pyrrole nitrogens is 1. The number of rotatable bonds is 1. The Labute approximate surface area is 126 Å². The quantitative estimate of drug-likeness (QED) is 0.595. The molecule has 18 heavy (non-hydrogen) atoms. The molecule has 0 saturated heterocycles. The van der Waals surface area contributed by atoms with Crippen molar-refractivity contribution in [2.45, 2.75) is 0 Å². The van der Waals surface area contributed by atoms with E-state index in [1.807, 2.05) is 36.4 Å². The van der Waals surface area contributed by atoms with Crippen molar-refractivity contribution in [2.75, 3.05) is 0 Å². The second-order valence-corrected chi connectivity index (χ2v) is 6.09. The number of aromatic amines is 1. The predicted octanol–water partition coefficient (Wildman–Crippen LogP) is 5.41. The first-order chi connectivity index (χ1) is 8.63. The summed E-state index contributed by atoms with van der Waals surface area (Å²) in [6.45, 7) is 0. The van der Waals surface area contributed by atoms with E-state index in [9.17, 15) is 0 Å². The summed E-state index contributed by atoms with van der Waals surface area (Å²) in [4.78, 5) is 7.87. The molecule has 0 atom stereocenters. The highest BCUT2D eigenvalue weighted by atomic mass is 79.9. The van der Waals surface area contributed by atoms with Crippen LogP contribution in [0.5, 0.6) is 0 Å². The highest BCUT2D eigenvalue weighted by Gasteiger charge is 2.08. The molecule has 0 aliphatic carbocycles. The van der Waals surface area contributed by atoms with Gasteiger partial charge in [0, 0.05) is 19.5 Å². The average molecular weight is 386 g/mol. The fourth-order valence-electron chi connectivity index (χ4n) is 1.82. The lowest BCUT2D eigenvalue weighted by Gasteiger charge is -1.99. The molecule has 0 fully saturated rings. The molecule has 3 rings (SSSR count). The zero-order valence-electron chi connectivity index (χ0n) is 9.05. The van der Waals surface area contributed by atoms with Crippen LogP contribution in [0.4, 0.5) is 0 Å². The molecule has 3 aromatic rings. The Hall–Kier alpha value is -0.840. The molecular formula is C13H7Br2ClN2. The maximum absolute atomic E-state index is 6.05. The van der Waals surface area contributed by atoms with E-state index in [1.54, 1.807) is 0 Å². The summed E-state index contributed by atoms with van der Waals surface area (Å²) in [5.74, 6) is 0.806. The van der Waals surface area contributed by atoms with Gasteiger partial charge in [0.1, 0.15) is 11.3 Å². The minimum Gasteiger partial charge on any atom is -0.338 e. The van der Waals surface area contributed by atoms with Gasteiger partial charge in [0.15, 0.2) is 0 Å². The molecule has 0 spiro atoms. The maximum atomic E-state index is 6.05. The van der Waals surface area contributed by atoms with Crippen molar-refractivity contribution in [2.24, 2.45) is 0 Å². The number of halogens is 3. The Morgan fingerprint density at radius 3 is 2.67 bits per heavy atom. The van der Waals surface area contributed by atoms with Crippen LogP contribution in [0.25, 0.3) is 22.4 Å². The summed E-state index contributed by atoms with van der Waals surface area (Å²) >= 11 is 13.0. The zero-order chi connectivity index (χ0) is 12.7. The third-order valence-corrected chi connectivity index (χ3v) is 3.92. The molecule has 0 aliphatic rings. The molecule has 0 bridgehead atoms. The van der Waals surface area contributed by atoms with E-state index in [0.717, 1.165) is 31.4 Å². The summed E-state index contributed by atoms with van der Waals surface area (Å²) in [5.41, 5.74) is 2.87. The molecule has 1 heterocycles. The van der Waals surface area contributed by atoms with E-state index in [-0.39, 0.29) is 0 Å². The summed E-state index contributed by atoms with van der Waals surface area (Å²) < 4.78 is 1.91. The van der Waals surface area contributed by atoms with Crippen molar-refractivity contribution in [3.63, 3.8) is 0 Å². The van der Waals surface area contributed by atoms with Crippen LogP contribution in [-0.4, -0.2) is 9.97 Å². The summed E-state index contributed by atoms with van der Waals surface area (Å²) in [6, 6.07) is 11.7. The molecule has 2 aromatic carbocycles. The van der Waals surface area contributed by atoms with Crippen molar-refractivity contribution < 1.29 is 0 Å². The highest BCUT2D eigenvalue weighted by molar-refractivity contribution is 9.11. The number of hydrogen-bond acceptors (Lipinski definition) is 1. The van der Waals surface area contributed by atoms with Gasteiger partial charge in [-0.05, 0) is 46.3 Å². The Morgan fingerprint density at radius 2 is 1.94 bits per heavy atom. The third-order valence-electron chi connectivity index (χ3n) is 2.60. The number of nitrogens with one attached hydrogen (secondary N) is 1. The van der Waals surface area contributed by atoms with Gasteiger partial charge in [0.05, 0.1) is 5.52 Å². The first-order valence-corrected chi connectivity index (χ1v) is 7.20. The number of aromatic nitrogens is 2. The SMILES string of the molecule is Clc1cc(Br)cc(-c2nc3c(Br)cccc3[nH]2)c1. The molecule has 1 aromatic heterocycles. The lowest BCUT2D eigenvalue weighted by molar-refractivity contribution is 1.33. The molecule has 1 N–H and O–H groups in total. The van der Waals surface area contributed by atoms with Crippen LogP contribution < -0.4 is 0 Å². The first kappa shape index (κ1) is 12.2. The van der Waals surface area contributed by atoms with Gasteiger partial charge in [-0.25, -0.2) is 4.98 Å². The standard InChI is InChI=1S/C13H7Br2ClN2/c14-8-4-7(5-9(16)6-8)13-17-11-3-1-2-10(15)12(11)18-13/h1-6H,(H,17,18). The van der Waals surface area contributed by atoms with Crippen LogP contribution >= 0.6 is 43.5 Å². The van der Waals surface area contributed by atoms with Crippen molar-refractivity contribution >= 4 is 54.5 Å². The van der Waals surface area contributed by atoms with Crippen molar-refractivity contribution in [1.82, 2.24) is 9.97 Å². The lowest BCUT2D eigenvalue weighted by Crippen LogP contribution is -1.80. The van der Waals surface area contributed by atoms with Gasteiger partial charge in [0.25, 0.3) is 0 Å². The van der Waals surface area contributed by atoms with Crippen LogP contribution in [-0.2, 0) is 0 Å². The third kappa shape index (κ3) is 2.20. The predicted molar refractivity (Wildman–Crippen MR) is 81.9 cm³/mol. The average Bonchev–Trinajstić information content (AvgIpc) is 2.73. The van der Waals surface area contributed by atoms with Gasteiger partial charge < -0.3 is 4.98 Å². The van der Waals surface area contributed by atoms with Crippen molar-refractivity contribution in [1.29, 1.82) is 0 Å². The maximum Gasteiger partial charge on any atom is 0.138 e. The Balaban J connectivity index is 2.22. The number of nitrogens with zero attached hydrogens (tertiary/aromatic N) is 1. The molecule has 0 radical (unpaired) electrons. The molecule has 0 amide bonds. The number of imidazole rings is 1. The monoisotopic (exact) mass is 384 g/mol. The van der Waals surface area contributed by atoms with Crippen molar-refractivity contribution in [3.8, 4) is 11.4 Å². The fraction of sp³-hybridized carbons (Fsp3) is 0. The van der Waals surface area contributed by atoms with Crippen molar-refractivity contribution in [3.05, 3.63) is 50.4 Å². The van der Waals surface area contributed by atoms with Gasteiger partial charge in [0.2, 0.25) is 0 Å². The zero-order valence-corrected chi connectivity index (χ0v) is 13.0. The van der Waals surface area contributed by atoms with E-state index in [0.29, 0.717) is 5.02 Å². The molecule has 2 nitrogen and oxygen atoms in total. The largest absolute Gasteiger partial charge is 0.338 e. The molecule has 5 heteroatoms. The molecule has 0 unspecified atom stereocenters. The topological polar surface area (TPSA) is 28.7 Å². The van der Waals surface area contributed by atoms with E-state index in [4.69, 9.17) is 11.6 Å². The minimum atomic E-state index is 0.680. The summed E-state index contributed by atoms with van der Waals surface area (Å²) in [7, 11) is 0. The number of para-hydroxylation sites is 1. The summed E-state index contributed by atoms with van der Waals surface area (Å²) in [5, 5.41) is 0.680. The fourth-order valence-corrected chi connectivity index (χ4v) is 3.14. The lowest BCUT2D eigenvalue weighted by atomic mass is 10.2. The van der Waals surface area contributed by atoms with Crippen LogP contribution in [0.3, 0.4) is 0 Å². The van der Waals surface area contributed by atoms with E-state index < -0.39 is 0 Å². The number of fused-ring (bicyclic) bond motifs is 1. The van der Waals surface area contributed by atoms with Gasteiger partial charge >= 0.3 is 0 Å². The van der Waals surface area contributed by atoms with Crippen LogP contribution in [0.15, 0.2) is 45.3 Å². The molecule has 0 aliphatic heterocycles. The van der Waals surface area contributed by atoms with Crippen LogP contribution in [0.1, 0.15) is 0 Å². The van der Waals surface area contributed by atoms with E-state index >= 15 is 0 Å². The normalized spacial score (nSPS) is 11.1. The van der Waals surface area contributed by atoms with Crippen LogP contribution in [0.2, 0.25) is 5.02 Å². The van der Waals surface area contributed by atoms with Crippen LogP contribution in [0, 0.1) is 0 Å². The Kier molecular flexibility index (Phi) is 3.18. The second kappa shape index (κ2) is 4.68.